The predicted molar refractivity (Wildman–Crippen MR) is 105 cm³/mol. The lowest BCUT2D eigenvalue weighted by Gasteiger charge is -2.31. The molecule has 9 heteroatoms. The molecule has 0 saturated carbocycles. The number of carbonyl (C=O) groups excluding carboxylic acids is 2. The van der Waals surface area contributed by atoms with Crippen LogP contribution in [0.15, 0.2) is 30.5 Å². The number of ketones is 1. The summed E-state index contributed by atoms with van der Waals surface area (Å²) in [6.07, 6.45) is 2.92. The largest absolute Gasteiger partial charge is 0.450 e. The third-order valence-corrected chi connectivity index (χ3v) is 4.48. The third-order valence-electron chi connectivity index (χ3n) is 4.48. The number of benzene rings is 1. The number of piperidine rings is 1. The highest BCUT2D eigenvalue weighted by molar-refractivity contribution is 5.94. The first-order valence-electron chi connectivity index (χ1n) is 9.31. The highest BCUT2D eigenvalue weighted by atomic mass is 16.6. The molecule has 1 amide bonds. The number of likely N-dealkylation sites (tertiary alicyclic amines) is 1. The number of rotatable bonds is 6. The number of amides is 1. The first-order valence-corrected chi connectivity index (χ1v) is 9.31. The first-order chi connectivity index (χ1) is 13.5. The number of hydrogen-bond donors (Lipinski definition) is 2. The fourth-order valence-corrected chi connectivity index (χ4v) is 2.97. The van der Waals surface area contributed by atoms with E-state index in [0.29, 0.717) is 37.0 Å². The number of nitrogens with one attached hydrogen (secondary N) is 2. The van der Waals surface area contributed by atoms with Crippen LogP contribution < -0.4 is 10.6 Å². The van der Waals surface area contributed by atoms with Gasteiger partial charge in [0.2, 0.25) is 5.95 Å². The number of aromatic nitrogens is 3. The van der Waals surface area contributed by atoms with Gasteiger partial charge in [0.1, 0.15) is 0 Å². The van der Waals surface area contributed by atoms with Gasteiger partial charge in [-0.1, -0.05) is 0 Å². The first kappa shape index (κ1) is 19.5. The molecule has 1 aromatic carbocycles. The van der Waals surface area contributed by atoms with E-state index in [-0.39, 0.29) is 17.9 Å². The summed E-state index contributed by atoms with van der Waals surface area (Å²) in [5.41, 5.74) is 1.42. The molecule has 1 fully saturated rings. The second-order valence-corrected chi connectivity index (χ2v) is 6.53. The van der Waals surface area contributed by atoms with E-state index >= 15 is 0 Å². The minimum absolute atomic E-state index is 0.0182. The molecule has 0 radical (unpaired) electrons. The molecule has 1 aromatic heterocycles. The number of nitrogens with zero attached hydrogens (tertiary/aromatic N) is 4. The van der Waals surface area contributed by atoms with Crippen LogP contribution in [0.25, 0.3) is 0 Å². The Bertz CT molecular complexity index is 819. The van der Waals surface area contributed by atoms with Crippen LogP contribution in [0.2, 0.25) is 0 Å². The van der Waals surface area contributed by atoms with Crippen molar-refractivity contribution in [3.63, 3.8) is 0 Å². The zero-order valence-electron chi connectivity index (χ0n) is 16.0. The van der Waals surface area contributed by atoms with Crippen molar-refractivity contribution in [2.24, 2.45) is 0 Å². The minimum Gasteiger partial charge on any atom is -0.450 e. The van der Waals surface area contributed by atoms with E-state index in [0.717, 1.165) is 18.5 Å². The maximum Gasteiger partial charge on any atom is 0.409 e. The predicted octanol–water partition coefficient (Wildman–Crippen LogP) is 2.85. The minimum atomic E-state index is -0.257. The molecule has 2 heterocycles. The van der Waals surface area contributed by atoms with E-state index in [2.05, 4.69) is 25.8 Å². The van der Waals surface area contributed by atoms with Gasteiger partial charge in [-0.3, -0.25) is 4.79 Å². The van der Waals surface area contributed by atoms with Crippen molar-refractivity contribution >= 4 is 29.3 Å². The van der Waals surface area contributed by atoms with Crippen molar-refractivity contribution in [3.05, 3.63) is 36.0 Å². The molecule has 0 spiro atoms. The topological polar surface area (TPSA) is 109 Å². The second kappa shape index (κ2) is 9.12. The number of anilines is 3. The van der Waals surface area contributed by atoms with Crippen LogP contribution in [0.4, 0.5) is 22.2 Å². The van der Waals surface area contributed by atoms with E-state index in [4.69, 9.17) is 4.74 Å². The number of hydrogen-bond acceptors (Lipinski definition) is 8. The fourth-order valence-electron chi connectivity index (χ4n) is 2.97. The lowest BCUT2D eigenvalue weighted by atomic mass is 10.1. The quantitative estimate of drug-likeness (QED) is 0.732. The van der Waals surface area contributed by atoms with Crippen LogP contribution in [-0.4, -0.2) is 57.7 Å². The number of carbonyl (C=O) groups is 2. The molecule has 1 saturated heterocycles. The SMILES string of the molecule is CCOC(=O)N1CCC(Nc2cnnc(Nc3ccc(C(C)=O)cc3)n2)CC1. The van der Waals surface area contributed by atoms with Crippen LogP contribution in [0, 0.1) is 0 Å². The maximum atomic E-state index is 11.8. The van der Waals surface area contributed by atoms with Crippen LogP contribution in [-0.2, 0) is 4.74 Å². The van der Waals surface area contributed by atoms with E-state index in [1.165, 1.54) is 6.92 Å². The monoisotopic (exact) mass is 384 g/mol. The highest BCUT2D eigenvalue weighted by Crippen LogP contribution is 2.18. The Balaban J connectivity index is 1.55. The van der Waals surface area contributed by atoms with Crippen LogP contribution in [0.3, 0.4) is 0 Å². The Morgan fingerprint density at radius 2 is 1.93 bits per heavy atom. The number of ether oxygens (including phenoxy) is 1. The summed E-state index contributed by atoms with van der Waals surface area (Å²) in [6, 6.07) is 7.29. The lowest BCUT2D eigenvalue weighted by Crippen LogP contribution is -2.42. The van der Waals surface area contributed by atoms with Gasteiger partial charge in [-0.25, -0.2) is 4.79 Å². The lowest BCUT2D eigenvalue weighted by molar-refractivity contribution is 0.0981. The summed E-state index contributed by atoms with van der Waals surface area (Å²) in [7, 11) is 0. The molecule has 2 aromatic rings. The molecule has 0 unspecified atom stereocenters. The summed E-state index contributed by atoms with van der Waals surface area (Å²) in [4.78, 5) is 29.3. The Morgan fingerprint density at radius 1 is 1.21 bits per heavy atom. The normalized spacial score (nSPS) is 14.4. The van der Waals surface area contributed by atoms with Crippen molar-refractivity contribution < 1.29 is 14.3 Å². The van der Waals surface area contributed by atoms with E-state index in [9.17, 15) is 9.59 Å². The summed E-state index contributed by atoms with van der Waals surface area (Å²) in [5.74, 6) is 1.00. The number of Topliss-reactive ketones (excluding diaryl/α,β-unsaturated/α-hetero) is 1. The molecule has 148 valence electrons. The van der Waals surface area contributed by atoms with Crippen LogP contribution in [0.1, 0.15) is 37.0 Å². The van der Waals surface area contributed by atoms with Gasteiger partial charge >= 0.3 is 6.09 Å². The van der Waals surface area contributed by atoms with Gasteiger partial charge in [-0.15, -0.1) is 5.10 Å². The van der Waals surface area contributed by atoms with Crippen molar-refractivity contribution in [2.75, 3.05) is 30.3 Å². The molecule has 0 aliphatic carbocycles. The molecule has 28 heavy (non-hydrogen) atoms. The van der Waals surface area contributed by atoms with Crippen molar-refractivity contribution in [2.45, 2.75) is 32.7 Å². The zero-order valence-corrected chi connectivity index (χ0v) is 16.0. The van der Waals surface area contributed by atoms with Gasteiger partial charge in [-0.05, 0) is 51.0 Å². The highest BCUT2D eigenvalue weighted by Gasteiger charge is 2.23. The van der Waals surface area contributed by atoms with Gasteiger partial charge < -0.3 is 20.3 Å². The Labute approximate surface area is 163 Å². The summed E-state index contributed by atoms with van der Waals surface area (Å²) < 4.78 is 5.04. The second-order valence-electron chi connectivity index (χ2n) is 6.53. The molecule has 2 N–H and O–H groups in total. The van der Waals surface area contributed by atoms with Gasteiger partial charge in [0, 0.05) is 30.4 Å². The fraction of sp³-hybridized carbons (Fsp3) is 0.421. The molecular formula is C19H24N6O3. The van der Waals surface area contributed by atoms with Crippen molar-refractivity contribution in [1.29, 1.82) is 0 Å². The molecular weight excluding hydrogens is 360 g/mol. The summed E-state index contributed by atoms with van der Waals surface area (Å²) >= 11 is 0. The Morgan fingerprint density at radius 3 is 2.57 bits per heavy atom. The maximum absolute atomic E-state index is 11.8. The third kappa shape index (κ3) is 5.15. The van der Waals surface area contributed by atoms with Crippen molar-refractivity contribution in [3.8, 4) is 0 Å². The Kier molecular flexibility index (Phi) is 6.36. The van der Waals surface area contributed by atoms with E-state index in [1.807, 2.05) is 0 Å². The molecule has 1 aliphatic rings. The average Bonchev–Trinajstić information content (AvgIpc) is 2.69. The van der Waals surface area contributed by atoms with Crippen LogP contribution >= 0.6 is 0 Å². The smallest absolute Gasteiger partial charge is 0.409 e. The average molecular weight is 384 g/mol. The van der Waals surface area contributed by atoms with Gasteiger partial charge in [0.15, 0.2) is 11.6 Å². The molecule has 9 nitrogen and oxygen atoms in total. The van der Waals surface area contributed by atoms with Gasteiger partial charge in [-0.2, -0.15) is 10.1 Å². The summed E-state index contributed by atoms with van der Waals surface area (Å²) in [6.45, 7) is 5.00. The summed E-state index contributed by atoms with van der Waals surface area (Å²) in [5, 5.41) is 14.4. The molecule has 0 atom stereocenters. The van der Waals surface area contributed by atoms with Gasteiger partial charge in [0.25, 0.3) is 0 Å². The van der Waals surface area contributed by atoms with Gasteiger partial charge in [0.05, 0.1) is 12.8 Å². The van der Waals surface area contributed by atoms with Crippen molar-refractivity contribution in [1.82, 2.24) is 20.1 Å². The zero-order chi connectivity index (χ0) is 19.9. The molecule has 3 rings (SSSR count). The standard InChI is InChI=1S/C19H24N6O3/c1-3-28-19(27)25-10-8-16(9-11-25)21-17-12-20-24-18(23-17)22-15-6-4-14(5-7-15)13(2)26/h4-7,12,16H,3,8-11H2,1-2H3,(H2,21,22,23,24). The van der Waals surface area contributed by atoms with E-state index < -0.39 is 0 Å². The van der Waals surface area contributed by atoms with E-state index in [1.54, 1.807) is 42.3 Å². The molecule has 1 aliphatic heterocycles. The van der Waals surface area contributed by atoms with Crippen LogP contribution in [0.5, 0.6) is 0 Å². The molecule has 0 bridgehead atoms. The Hall–Kier alpha value is -3.23.